The van der Waals surface area contributed by atoms with Crippen LogP contribution in [0, 0.1) is 17.5 Å². The average molecular weight is 668 g/mol. The summed E-state index contributed by atoms with van der Waals surface area (Å²) in [6, 6.07) is 4.05. The number of hydrogen-bond acceptors (Lipinski definition) is 14. The van der Waals surface area contributed by atoms with E-state index in [1.54, 1.807) is 24.4 Å². The van der Waals surface area contributed by atoms with Gasteiger partial charge in [0.25, 0.3) is 0 Å². The first kappa shape index (κ1) is 32.4. The first-order chi connectivity index (χ1) is 22.1. The molecular weight excluding hydrogens is 639 g/mol. The van der Waals surface area contributed by atoms with E-state index in [-0.39, 0.29) is 11.3 Å². The van der Waals surface area contributed by atoms with Crippen molar-refractivity contribution in [3.63, 3.8) is 0 Å². The van der Waals surface area contributed by atoms with Gasteiger partial charge >= 0.3 is 0 Å². The van der Waals surface area contributed by atoms with E-state index in [2.05, 4.69) is 25.6 Å². The molecule has 0 saturated carbocycles. The number of halogens is 3. The van der Waals surface area contributed by atoms with Gasteiger partial charge in [0.1, 0.15) is 71.0 Å². The van der Waals surface area contributed by atoms with Gasteiger partial charge in [0, 0.05) is 11.8 Å². The molecule has 1 aromatic carbocycles. The topological polar surface area (TPSA) is 214 Å². The van der Waals surface area contributed by atoms with Crippen LogP contribution in [-0.4, -0.2) is 126 Å². The minimum atomic E-state index is -1.67. The zero-order chi connectivity index (χ0) is 32.7. The zero-order valence-electron chi connectivity index (χ0n) is 23.5. The van der Waals surface area contributed by atoms with Crippen molar-refractivity contribution in [2.75, 3.05) is 13.2 Å². The van der Waals surface area contributed by atoms with Crippen LogP contribution < -0.4 is 0 Å². The quantitative estimate of drug-likeness (QED) is 0.130. The maximum atomic E-state index is 13.8. The van der Waals surface area contributed by atoms with Gasteiger partial charge in [0.05, 0.1) is 31.3 Å². The van der Waals surface area contributed by atoms with Crippen LogP contribution >= 0.6 is 11.8 Å². The van der Waals surface area contributed by atoms with Crippen molar-refractivity contribution in [3.05, 3.63) is 66.4 Å². The standard InChI is InChI=1S/C27H28F3N7O8S/c28-12-5-11(6-13(29)19(12)30)15-7-36(34-32-15)20-22(40)17(9-38)44-26(24(20)42)46-27-25(43)21(23(41)18(10-39)45-27)37-8-16(33-35-37)14-3-1-2-4-31-14/h1-8,17-18,20-27,38-43H,9-10H2/t17?,18-,20+,21?,22+,23?,24?,25-,26+,27?/m1/s1. The first-order valence-corrected chi connectivity index (χ1v) is 14.9. The predicted octanol–water partition coefficient (Wildman–Crippen LogP) is -0.591. The second-order valence-electron chi connectivity index (χ2n) is 10.7. The van der Waals surface area contributed by atoms with E-state index in [4.69, 9.17) is 9.47 Å². The molecule has 3 aromatic heterocycles. The Balaban J connectivity index is 1.25. The highest BCUT2D eigenvalue weighted by Crippen LogP contribution is 2.42. The Morgan fingerprint density at radius 2 is 1.24 bits per heavy atom. The molecule has 2 fully saturated rings. The molecule has 19 heteroatoms. The van der Waals surface area contributed by atoms with Gasteiger partial charge in [-0.05, 0) is 24.3 Å². The fraction of sp³-hybridized carbons (Fsp3) is 0.444. The first-order valence-electron chi connectivity index (χ1n) is 13.9. The van der Waals surface area contributed by atoms with E-state index in [0.717, 1.165) is 22.6 Å². The number of nitrogens with zero attached hydrogens (tertiary/aromatic N) is 7. The number of pyridine rings is 1. The zero-order valence-corrected chi connectivity index (χ0v) is 24.3. The van der Waals surface area contributed by atoms with Crippen LogP contribution in [-0.2, 0) is 9.47 Å². The van der Waals surface area contributed by atoms with Crippen molar-refractivity contribution < 1.29 is 53.3 Å². The fourth-order valence-corrected chi connectivity index (χ4v) is 6.75. The van der Waals surface area contributed by atoms with Crippen LogP contribution in [0.4, 0.5) is 13.2 Å². The Morgan fingerprint density at radius 1 is 0.717 bits per heavy atom. The van der Waals surface area contributed by atoms with Crippen LogP contribution in [0.1, 0.15) is 12.1 Å². The molecule has 46 heavy (non-hydrogen) atoms. The number of rotatable bonds is 8. The average Bonchev–Trinajstić information content (AvgIpc) is 3.74. The summed E-state index contributed by atoms with van der Waals surface area (Å²) < 4.78 is 54.9. The summed E-state index contributed by atoms with van der Waals surface area (Å²) in [7, 11) is 0. The molecule has 0 aliphatic carbocycles. The molecule has 246 valence electrons. The molecule has 0 spiro atoms. The lowest BCUT2D eigenvalue weighted by Gasteiger charge is -2.46. The fourth-order valence-electron chi connectivity index (χ4n) is 5.43. The summed E-state index contributed by atoms with van der Waals surface area (Å²) in [5.41, 5.74) is -2.02. The lowest BCUT2D eigenvalue weighted by molar-refractivity contribution is -0.189. The summed E-state index contributed by atoms with van der Waals surface area (Å²) in [5, 5.41) is 80.4. The molecule has 10 atom stereocenters. The molecule has 6 rings (SSSR count). The highest BCUT2D eigenvalue weighted by Gasteiger charge is 2.51. The van der Waals surface area contributed by atoms with Gasteiger partial charge in [0.15, 0.2) is 17.5 Å². The van der Waals surface area contributed by atoms with Gasteiger partial charge in [-0.25, -0.2) is 22.5 Å². The van der Waals surface area contributed by atoms with E-state index in [9.17, 15) is 43.8 Å². The maximum Gasteiger partial charge on any atom is 0.194 e. The smallest absolute Gasteiger partial charge is 0.194 e. The Labute approximate surface area is 261 Å². The number of aliphatic hydroxyl groups excluding tert-OH is 6. The van der Waals surface area contributed by atoms with Crippen LogP contribution in [0.15, 0.2) is 48.9 Å². The third-order valence-electron chi connectivity index (χ3n) is 7.80. The number of aromatic nitrogens is 7. The summed E-state index contributed by atoms with van der Waals surface area (Å²) in [4.78, 5) is 4.21. The Bertz CT molecular complexity index is 1630. The maximum absolute atomic E-state index is 13.8. The number of hydrogen-bond donors (Lipinski definition) is 6. The van der Waals surface area contributed by atoms with Crippen molar-refractivity contribution in [1.29, 1.82) is 0 Å². The van der Waals surface area contributed by atoms with E-state index >= 15 is 0 Å². The van der Waals surface area contributed by atoms with Crippen molar-refractivity contribution >= 4 is 11.8 Å². The SMILES string of the molecule is OCC1O[C@@H](SC2O[C@H](CO)C(O)C(n3cc(-c4ccccn4)nn3)[C@H]2O)C(O)[C@@H](n2cc(-c3cc(F)c(F)c(F)c3)nn2)[C@H]1O. The third kappa shape index (κ3) is 6.00. The normalized spacial score (nSPS) is 31.7. The highest BCUT2D eigenvalue weighted by molar-refractivity contribution is 8.00. The Morgan fingerprint density at radius 3 is 1.74 bits per heavy atom. The van der Waals surface area contributed by atoms with E-state index in [0.29, 0.717) is 23.5 Å². The van der Waals surface area contributed by atoms with E-state index < -0.39 is 90.2 Å². The number of benzene rings is 1. The minimum absolute atomic E-state index is 0.111. The van der Waals surface area contributed by atoms with E-state index in [1.165, 1.54) is 10.9 Å². The Hall–Kier alpha value is -3.53. The highest BCUT2D eigenvalue weighted by atomic mass is 32.2. The molecule has 6 N–H and O–H groups in total. The molecule has 5 heterocycles. The lowest BCUT2D eigenvalue weighted by Crippen LogP contribution is -2.58. The molecule has 0 amide bonds. The Kier molecular flexibility index (Phi) is 9.37. The van der Waals surface area contributed by atoms with Crippen molar-refractivity contribution in [2.45, 2.75) is 59.6 Å². The molecule has 2 saturated heterocycles. The molecule has 0 bridgehead atoms. The number of thioether (sulfide) groups is 1. The van der Waals surface area contributed by atoms with Crippen molar-refractivity contribution in [2.24, 2.45) is 0 Å². The van der Waals surface area contributed by atoms with Gasteiger partial charge in [-0.3, -0.25) is 4.98 Å². The summed E-state index contributed by atoms with van der Waals surface area (Å²) in [6.45, 7) is -1.36. The van der Waals surface area contributed by atoms with Gasteiger partial charge in [-0.1, -0.05) is 28.3 Å². The van der Waals surface area contributed by atoms with Crippen LogP contribution in [0.3, 0.4) is 0 Å². The molecular formula is C27H28F3N7O8S. The summed E-state index contributed by atoms with van der Waals surface area (Å²) >= 11 is 0.744. The van der Waals surface area contributed by atoms with Gasteiger partial charge in [0.2, 0.25) is 0 Å². The van der Waals surface area contributed by atoms with Gasteiger partial charge in [-0.15, -0.1) is 10.2 Å². The van der Waals surface area contributed by atoms with Gasteiger partial charge in [-0.2, -0.15) is 0 Å². The van der Waals surface area contributed by atoms with Gasteiger partial charge < -0.3 is 40.1 Å². The third-order valence-corrected chi connectivity index (χ3v) is 9.12. The largest absolute Gasteiger partial charge is 0.394 e. The molecule has 15 nitrogen and oxygen atoms in total. The molecule has 5 unspecified atom stereocenters. The van der Waals surface area contributed by atoms with Crippen LogP contribution in [0.25, 0.3) is 22.6 Å². The number of ether oxygens (including phenoxy) is 2. The number of aliphatic hydroxyl groups is 6. The summed E-state index contributed by atoms with van der Waals surface area (Å²) in [5.74, 6) is -4.58. The second-order valence-corrected chi connectivity index (χ2v) is 11.9. The van der Waals surface area contributed by atoms with Crippen molar-refractivity contribution in [3.8, 4) is 22.6 Å². The van der Waals surface area contributed by atoms with Crippen LogP contribution in [0.2, 0.25) is 0 Å². The molecule has 4 aromatic rings. The lowest BCUT2D eigenvalue weighted by atomic mass is 9.97. The van der Waals surface area contributed by atoms with Crippen LogP contribution in [0.5, 0.6) is 0 Å². The van der Waals surface area contributed by atoms with E-state index in [1.807, 2.05) is 0 Å². The molecule has 0 radical (unpaired) electrons. The molecule has 2 aliphatic heterocycles. The minimum Gasteiger partial charge on any atom is -0.394 e. The second kappa shape index (κ2) is 13.3. The van der Waals surface area contributed by atoms with Crippen molar-refractivity contribution in [1.82, 2.24) is 35.0 Å². The molecule has 2 aliphatic rings. The predicted molar refractivity (Wildman–Crippen MR) is 150 cm³/mol. The monoisotopic (exact) mass is 667 g/mol. The summed E-state index contributed by atoms with van der Waals surface area (Å²) in [6.07, 6.45) is -4.46.